The Balaban J connectivity index is 1.38. The summed E-state index contributed by atoms with van der Waals surface area (Å²) in [6, 6.07) is 9.06. The maximum atomic E-state index is 12.6. The number of likely N-dealkylation sites (tertiary alicyclic amines) is 2. The molecule has 0 unspecified atom stereocenters. The molecule has 2 saturated heterocycles. The highest BCUT2D eigenvalue weighted by Crippen LogP contribution is 2.23. The second kappa shape index (κ2) is 8.21. The summed E-state index contributed by atoms with van der Waals surface area (Å²) < 4.78 is 1.92. The Morgan fingerprint density at radius 1 is 1.07 bits per heavy atom. The minimum atomic E-state index is 0.0354. The van der Waals surface area contributed by atoms with Crippen LogP contribution in [0.4, 0.5) is 0 Å². The average molecular weight is 367 g/mol. The smallest absolute Gasteiger partial charge is 0.276 e. The number of carbonyl (C=O) groups excluding carboxylic acids is 1. The lowest BCUT2D eigenvalue weighted by atomic mass is 10.0. The lowest BCUT2D eigenvalue weighted by Crippen LogP contribution is -2.36. The van der Waals surface area contributed by atoms with Gasteiger partial charge >= 0.3 is 0 Å². The van der Waals surface area contributed by atoms with Crippen LogP contribution >= 0.6 is 0 Å². The van der Waals surface area contributed by atoms with Gasteiger partial charge in [-0.25, -0.2) is 4.68 Å². The van der Waals surface area contributed by atoms with E-state index in [1.807, 2.05) is 15.8 Å². The van der Waals surface area contributed by atoms with Gasteiger partial charge in [0.15, 0.2) is 5.69 Å². The third-order valence-corrected chi connectivity index (χ3v) is 5.75. The fourth-order valence-corrected chi connectivity index (χ4v) is 4.15. The molecular weight excluding hydrogens is 338 g/mol. The average Bonchev–Trinajstić information content (AvgIpc) is 3.20. The Labute approximate surface area is 161 Å². The van der Waals surface area contributed by atoms with Crippen LogP contribution in [0.1, 0.15) is 59.8 Å². The second-order valence-electron chi connectivity index (χ2n) is 7.95. The molecule has 2 aromatic rings. The van der Waals surface area contributed by atoms with Crippen LogP contribution in [0.2, 0.25) is 0 Å². The van der Waals surface area contributed by atoms with Crippen molar-refractivity contribution in [3.63, 3.8) is 0 Å². The van der Waals surface area contributed by atoms with Crippen LogP contribution < -0.4 is 0 Å². The quantitative estimate of drug-likeness (QED) is 0.833. The van der Waals surface area contributed by atoms with Crippen LogP contribution in [0.3, 0.4) is 0 Å². The van der Waals surface area contributed by atoms with Crippen LogP contribution in [0.15, 0.2) is 30.5 Å². The van der Waals surface area contributed by atoms with Crippen molar-refractivity contribution in [2.75, 3.05) is 26.2 Å². The maximum Gasteiger partial charge on any atom is 0.276 e. The van der Waals surface area contributed by atoms with Crippen molar-refractivity contribution < 1.29 is 4.79 Å². The third-order valence-electron chi connectivity index (χ3n) is 5.75. The van der Waals surface area contributed by atoms with Gasteiger partial charge in [-0.1, -0.05) is 35.0 Å². The van der Waals surface area contributed by atoms with Crippen molar-refractivity contribution in [1.82, 2.24) is 24.8 Å². The molecule has 6 nitrogen and oxygen atoms in total. The first-order chi connectivity index (χ1) is 13.2. The number of amides is 1. The maximum absolute atomic E-state index is 12.6. The molecule has 0 bridgehead atoms. The van der Waals surface area contributed by atoms with Crippen molar-refractivity contribution in [3.05, 3.63) is 47.3 Å². The molecule has 2 aliphatic rings. The number of piperidine rings is 2. The standard InChI is InChI=1S/C21H29N5O/c1-17-7-9-18(10-8-17)14-24-11-5-6-19(15-24)26-16-20(22-23-26)21(27)25-12-3-2-4-13-25/h7-10,16,19H,2-6,11-15H2,1H3/t19-/m0/s1. The number of nitrogens with zero attached hydrogens (tertiary/aromatic N) is 5. The molecule has 0 radical (unpaired) electrons. The molecule has 0 aliphatic carbocycles. The zero-order chi connectivity index (χ0) is 18.6. The van der Waals surface area contributed by atoms with Gasteiger partial charge in [-0.05, 0) is 51.1 Å². The predicted molar refractivity (Wildman–Crippen MR) is 105 cm³/mol. The molecule has 1 aromatic heterocycles. The molecule has 27 heavy (non-hydrogen) atoms. The molecule has 3 heterocycles. The number of aromatic nitrogens is 3. The summed E-state index contributed by atoms with van der Waals surface area (Å²) in [5, 5.41) is 8.49. The van der Waals surface area contributed by atoms with E-state index >= 15 is 0 Å². The van der Waals surface area contributed by atoms with Gasteiger partial charge in [0.05, 0.1) is 12.2 Å². The van der Waals surface area contributed by atoms with Crippen molar-refractivity contribution in [2.24, 2.45) is 0 Å². The molecule has 1 atom stereocenters. The Kier molecular flexibility index (Phi) is 5.53. The van der Waals surface area contributed by atoms with Crippen LogP contribution in [0, 0.1) is 6.92 Å². The highest BCUT2D eigenvalue weighted by atomic mass is 16.2. The van der Waals surface area contributed by atoms with E-state index in [1.54, 1.807) is 0 Å². The molecule has 4 rings (SSSR count). The summed E-state index contributed by atoms with van der Waals surface area (Å²) in [5.41, 5.74) is 3.14. The van der Waals surface area contributed by atoms with Gasteiger partial charge in [-0.3, -0.25) is 9.69 Å². The van der Waals surface area contributed by atoms with E-state index in [0.29, 0.717) is 11.7 Å². The van der Waals surface area contributed by atoms with Gasteiger partial charge < -0.3 is 4.90 Å². The highest BCUT2D eigenvalue weighted by Gasteiger charge is 2.25. The number of aryl methyl sites for hydroxylation is 1. The van der Waals surface area contributed by atoms with E-state index in [2.05, 4.69) is 46.4 Å². The van der Waals surface area contributed by atoms with Crippen LogP contribution in [-0.2, 0) is 6.54 Å². The summed E-state index contributed by atoms with van der Waals surface area (Å²) in [4.78, 5) is 17.0. The largest absolute Gasteiger partial charge is 0.337 e. The zero-order valence-electron chi connectivity index (χ0n) is 16.2. The first kappa shape index (κ1) is 18.2. The monoisotopic (exact) mass is 367 g/mol. The van der Waals surface area contributed by atoms with Crippen molar-refractivity contribution in [3.8, 4) is 0 Å². The van der Waals surface area contributed by atoms with E-state index < -0.39 is 0 Å². The molecule has 6 heteroatoms. The first-order valence-corrected chi connectivity index (χ1v) is 10.2. The van der Waals surface area contributed by atoms with Crippen LogP contribution in [0.5, 0.6) is 0 Å². The summed E-state index contributed by atoms with van der Waals surface area (Å²) in [6.45, 7) is 6.84. The summed E-state index contributed by atoms with van der Waals surface area (Å²) in [7, 11) is 0. The van der Waals surface area contributed by atoms with E-state index in [0.717, 1.165) is 58.4 Å². The normalized spacial score (nSPS) is 21.4. The fraction of sp³-hybridized carbons (Fsp3) is 0.571. The molecule has 1 amide bonds. The Hall–Kier alpha value is -2.21. The van der Waals surface area contributed by atoms with E-state index in [-0.39, 0.29) is 5.91 Å². The van der Waals surface area contributed by atoms with Crippen LogP contribution in [-0.4, -0.2) is 56.9 Å². The highest BCUT2D eigenvalue weighted by molar-refractivity contribution is 5.91. The van der Waals surface area contributed by atoms with Gasteiger partial charge in [0.25, 0.3) is 5.91 Å². The molecule has 2 fully saturated rings. The number of rotatable bonds is 4. The Morgan fingerprint density at radius 2 is 1.85 bits per heavy atom. The Bertz CT molecular complexity index is 763. The van der Waals surface area contributed by atoms with Gasteiger partial charge in [0.1, 0.15) is 0 Å². The number of benzene rings is 1. The van der Waals surface area contributed by atoms with Crippen molar-refractivity contribution in [2.45, 2.75) is 51.6 Å². The van der Waals surface area contributed by atoms with Crippen LogP contribution in [0.25, 0.3) is 0 Å². The van der Waals surface area contributed by atoms with Crippen molar-refractivity contribution in [1.29, 1.82) is 0 Å². The molecule has 144 valence electrons. The summed E-state index contributed by atoms with van der Waals surface area (Å²) in [5.74, 6) is 0.0354. The van der Waals surface area contributed by atoms with E-state index in [9.17, 15) is 4.79 Å². The predicted octanol–water partition coefficient (Wildman–Crippen LogP) is 3.05. The summed E-state index contributed by atoms with van der Waals surface area (Å²) >= 11 is 0. The van der Waals surface area contributed by atoms with Gasteiger partial charge in [0, 0.05) is 26.2 Å². The van der Waals surface area contributed by atoms with E-state index in [1.165, 1.54) is 17.5 Å². The topological polar surface area (TPSA) is 54.3 Å². The first-order valence-electron chi connectivity index (χ1n) is 10.2. The molecular formula is C21H29N5O. The molecule has 0 N–H and O–H groups in total. The minimum Gasteiger partial charge on any atom is -0.337 e. The van der Waals surface area contributed by atoms with Gasteiger partial charge in [-0.15, -0.1) is 5.10 Å². The third kappa shape index (κ3) is 4.38. The lowest BCUT2D eigenvalue weighted by molar-refractivity contribution is 0.0718. The SMILES string of the molecule is Cc1ccc(CN2CCC[C@H](n3cc(C(=O)N4CCCCC4)nn3)C2)cc1. The van der Waals surface area contributed by atoms with Gasteiger partial charge in [-0.2, -0.15) is 0 Å². The fourth-order valence-electron chi connectivity index (χ4n) is 4.15. The molecule has 0 saturated carbocycles. The number of hydrogen-bond donors (Lipinski definition) is 0. The van der Waals surface area contributed by atoms with E-state index in [4.69, 9.17) is 0 Å². The lowest BCUT2D eigenvalue weighted by Gasteiger charge is -2.32. The van der Waals surface area contributed by atoms with Gasteiger partial charge in [0.2, 0.25) is 0 Å². The molecule has 1 aromatic carbocycles. The second-order valence-corrected chi connectivity index (χ2v) is 7.95. The number of hydrogen-bond acceptors (Lipinski definition) is 4. The summed E-state index contributed by atoms with van der Waals surface area (Å²) in [6.07, 6.45) is 7.50. The Morgan fingerprint density at radius 3 is 2.63 bits per heavy atom. The van der Waals surface area contributed by atoms with Crippen molar-refractivity contribution >= 4 is 5.91 Å². The minimum absolute atomic E-state index is 0.0354. The number of carbonyl (C=O) groups is 1. The molecule has 0 spiro atoms. The zero-order valence-corrected chi connectivity index (χ0v) is 16.2. The molecule has 2 aliphatic heterocycles.